The minimum absolute atomic E-state index is 0.613. The number of likely N-dealkylation sites (tertiary alicyclic amines) is 1. The standard InChI is InChI=1S/C24H33N5/c1-19-16-22-23(28-13-3-10-26-18-28)4-2-5-24(22)29(19)21-8-14-27(15-9-21)17-20-6-11-25-12-7-20/h2-5,10,13,16,20-21,25H,6-9,11-12,14-15,17-18H2,1H3. The molecule has 0 radical (unpaired) electrons. The van der Waals surface area contributed by atoms with Gasteiger partial charge in [-0.1, -0.05) is 6.07 Å². The van der Waals surface area contributed by atoms with Gasteiger partial charge in [0.2, 0.25) is 0 Å². The number of allylic oxidation sites excluding steroid dienone is 1. The molecular formula is C24H33N5. The monoisotopic (exact) mass is 391 g/mol. The first-order valence-electron chi connectivity index (χ1n) is 11.3. The zero-order valence-corrected chi connectivity index (χ0v) is 17.6. The van der Waals surface area contributed by atoms with E-state index in [0.29, 0.717) is 12.7 Å². The van der Waals surface area contributed by atoms with Crippen molar-refractivity contribution in [2.45, 2.75) is 38.6 Å². The van der Waals surface area contributed by atoms with Crippen LogP contribution in [0.3, 0.4) is 0 Å². The minimum atomic E-state index is 0.613. The summed E-state index contributed by atoms with van der Waals surface area (Å²) >= 11 is 0. The number of hydrogen-bond acceptors (Lipinski definition) is 4. The molecule has 29 heavy (non-hydrogen) atoms. The van der Waals surface area contributed by atoms with Crippen molar-refractivity contribution in [2.75, 3.05) is 44.3 Å². The Labute approximate surface area is 174 Å². The molecule has 0 bridgehead atoms. The average Bonchev–Trinajstić information content (AvgIpc) is 3.11. The van der Waals surface area contributed by atoms with Crippen molar-refractivity contribution in [1.29, 1.82) is 0 Å². The maximum atomic E-state index is 4.41. The molecule has 3 aliphatic heterocycles. The van der Waals surface area contributed by atoms with E-state index in [1.807, 2.05) is 12.3 Å². The van der Waals surface area contributed by atoms with Crippen LogP contribution >= 0.6 is 0 Å². The van der Waals surface area contributed by atoms with Gasteiger partial charge in [-0.3, -0.25) is 4.99 Å². The first kappa shape index (κ1) is 18.9. The number of hydrogen-bond donors (Lipinski definition) is 1. The van der Waals surface area contributed by atoms with Crippen LogP contribution in [0.15, 0.2) is 41.5 Å². The SMILES string of the molecule is Cc1cc2c(N3C=CC=NC3)cccc2n1C1CCN(CC2CCNCC2)CC1. The van der Waals surface area contributed by atoms with Crippen LogP contribution in [-0.2, 0) is 0 Å². The number of aromatic nitrogens is 1. The number of aliphatic imine (C=N–C) groups is 1. The van der Waals surface area contributed by atoms with Gasteiger partial charge in [-0.05, 0) is 75.9 Å². The number of rotatable bonds is 4. The number of fused-ring (bicyclic) bond motifs is 1. The number of nitrogens with zero attached hydrogens (tertiary/aromatic N) is 4. The maximum absolute atomic E-state index is 4.41. The summed E-state index contributed by atoms with van der Waals surface area (Å²) in [5.74, 6) is 0.893. The molecule has 2 saturated heterocycles. The number of piperidine rings is 2. The fourth-order valence-electron chi connectivity index (χ4n) is 5.43. The minimum Gasteiger partial charge on any atom is -0.342 e. The lowest BCUT2D eigenvalue weighted by molar-refractivity contribution is 0.151. The number of anilines is 1. The summed E-state index contributed by atoms with van der Waals surface area (Å²) in [6.07, 6.45) is 11.2. The Morgan fingerprint density at radius 3 is 2.69 bits per heavy atom. The van der Waals surface area contributed by atoms with Crippen LogP contribution < -0.4 is 10.2 Å². The van der Waals surface area contributed by atoms with Crippen molar-refractivity contribution in [3.63, 3.8) is 0 Å². The zero-order chi connectivity index (χ0) is 19.6. The Bertz CT molecular complexity index is 897. The van der Waals surface area contributed by atoms with Crippen molar-refractivity contribution in [3.8, 4) is 0 Å². The van der Waals surface area contributed by atoms with Crippen molar-refractivity contribution in [1.82, 2.24) is 14.8 Å². The van der Waals surface area contributed by atoms with Crippen LogP contribution in [0.4, 0.5) is 5.69 Å². The van der Waals surface area contributed by atoms with Gasteiger partial charge in [-0.2, -0.15) is 0 Å². The molecule has 5 rings (SSSR count). The lowest BCUT2D eigenvalue weighted by atomic mass is 9.95. The fraction of sp³-hybridized carbons (Fsp3) is 0.542. The topological polar surface area (TPSA) is 35.8 Å². The highest BCUT2D eigenvalue weighted by Crippen LogP contribution is 2.35. The zero-order valence-electron chi connectivity index (χ0n) is 17.6. The van der Waals surface area contributed by atoms with Gasteiger partial charge in [0.05, 0.1) is 11.2 Å². The Morgan fingerprint density at radius 2 is 1.93 bits per heavy atom. The van der Waals surface area contributed by atoms with Crippen LogP contribution in [0.1, 0.15) is 37.4 Å². The molecule has 1 aromatic heterocycles. The van der Waals surface area contributed by atoms with Crippen molar-refractivity contribution < 1.29 is 0 Å². The average molecular weight is 392 g/mol. The molecule has 0 saturated carbocycles. The second-order valence-corrected chi connectivity index (χ2v) is 8.88. The van der Waals surface area contributed by atoms with Gasteiger partial charge < -0.3 is 19.7 Å². The Hall–Kier alpha value is -2.11. The van der Waals surface area contributed by atoms with Gasteiger partial charge in [0.25, 0.3) is 0 Å². The van der Waals surface area contributed by atoms with E-state index in [-0.39, 0.29) is 0 Å². The molecule has 5 nitrogen and oxygen atoms in total. The van der Waals surface area contributed by atoms with Gasteiger partial charge >= 0.3 is 0 Å². The molecule has 0 unspecified atom stereocenters. The van der Waals surface area contributed by atoms with E-state index in [2.05, 4.69) is 62.1 Å². The Balaban J connectivity index is 1.32. The predicted molar refractivity (Wildman–Crippen MR) is 122 cm³/mol. The van der Waals surface area contributed by atoms with E-state index in [4.69, 9.17) is 0 Å². The summed E-state index contributed by atoms with van der Waals surface area (Å²) in [7, 11) is 0. The summed E-state index contributed by atoms with van der Waals surface area (Å²) < 4.78 is 2.61. The van der Waals surface area contributed by atoms with Gasteiger partial charge in [-0.25, -0.2) is 0 Å². The normalized spacial score (nSPS) is 22.0. The highest BCUT2D eigenvalue weighted by Gasteiger charge is 2.25. The van der Waals surface area contributed by atoms with Crippen LogP contribution in [0, 0.1) is 12.8 Å². The third-order valence-electron chi connectivity index (χ3n) is 6.95. The largest absolute Gasteiger partial charge is 0.342 e. The summed E-state index contributed by atoms with van der Waals surface area (Å²) in [6, 6.07) is 9.70. The molecule has 4 heterocycles. The quantitative estimate of drug-likeness (QED) is 0.857. The summed E-state index contributed by atoms with van der Waals surface area (Å²) in [4.78, 5) is 9.38. The molecule has 154 valence electrons. The number of nitrogens with one attached hydrogen (secondary N) is 1. The highest BCUT2D eigenvalue weighted by atomic mass is 15.2. The highest BCUT2D eigenvalue weighted by molar-refractivity contribution is 5.94. The first-order chi connectivity index (χ1) is 14.3. The van der Waals surface area contributed by atoms with E-state index in [1.165, 1.54) is 80.7 Å². The molecule has 5 heteroatoms. The molecule has 0 spiro atoms. The fourth-order valence-corrected chi connectivity index (χ4v) is 5.43. The third kappa shape index (κ3) is 3.86. The summed E-state index contributed by atoms with van der Waals surface area (Å²) in [5, 5.41) is 4.84. The van der Waals surface area contributed by atoms with Crippen molar-refractivity contribution in [2.24, 2.45) is 10.9 Å². The Kier molecular flexibility index (Phi) is 5.42. The molecule has 1 aromatic carbocycles. The lowest BCUT2D eigenvalue weighted by Gasteiger charge is -2.36. The molecule has 0 amide bonds. The van der Waals surface area contributed by atoms with Crippen molar-refractivity contribution >= 4 is 22.8 Å². The second-order valence-electron chi connectivity index (χ2n) is 8.88. The molecular weight excluding hydrogens is 358 g/mol. The molecule has 2 aromatic rings. The third-order valence-corrected chi connectivity index (χ3v) is 6.95. The smallest absolute Gasteiger partial charge is 0.114 e. The van der Waals surface area contributed by atoms with Gasteiger partial charge in [0.1, 0.15) is 6.67 Å². The lowest BCUT2D eigenvalue weighted by Crippen LogP contribution is -2.40. The van der Waals surface area contributed by atoms with Crippen LogP contribution in [0.25, 0.3) is 10.9 Å². The molecule has 0 aliphatic carbocycles. The van der Waals surface area contributed by atoms with E-state index in [1.54, 1.807) is 0 Å². The Morgan fingerprint density at radius 1 is 1.10 bits per heavy atom. The molecule has 2 fully saturated rings. The summed E-state index contributed by atoms with van der Waals surface area (Å²) in [6.45, 7) is 9.15. The molecule has 1 N–H and O–H groups in total. The van der Waals surface area contributed by atoms with Gasteiger partial charge in [-0.15, -0.1) is 0 Å². The van der Waals surface area contributed by atoms with E-state index in [0.717, 1.165) is 5.92 Å². The van der Waals surface area contributed by atoms with E-state index in [9.17, 15) is 0 Å². The van der Waals surface area contributed by atoms with Crippen molar-refractivity contribution in [3.05, 3.63) is 42.2 Å². The number of benzene rings is 1. The maximum Gasteiger partial charge on any atom is 0.114 e. The summed E-state index contributed by atoms with van der Waals surface area (Å²) in [5.41, 5.74) is 4.02. The van der Waals surface area contributed by atoms with Gasteiger partial charge in [0, 0.05) is 49.2 Å². The van der Waals surface area contributed by atoms with E-state index < -0.39 is 0 Å². The van der Waals surface area contributed by atoms with Crippen LogP contribution in [0.2, 0.25) is 0 Å². The molecule has 0 atom stereocenters. The molecule has 3 aliphatic rings. The van der Waals surface area contributed by atoms with Crippen LogP contribution in [0.5, 0.6) is 0 Å². The van der Waals surface area contributed by atoms with Gasteiger partial charge in [0.15, 0.2) is 0 Å². The number of aryl methyl sites for hydroxylation is 1. The predicted octanol–water partition coefficient (Wildman–Crippen LogP) is 3.95. The first-order valence-corrected chi connectivity index (χ1v) is 11.3. The van der Waals surface area contributed by atoms with E-state index >= 15 is 0 Å². The second kappa shape index (κ2) is 8.33. The van der Waals surface area contributed by atoms with Crippen LogP contribution in [-0.4, -0.2) is 55.1 Å².